The number of hydrogen-bond acceptors (Lipinski definition) is 2. The van der Waals surface area contributed by atoms with Crippen LogP contribution in [0, 0.1) is 5.41 Å². The summed E-state index contributed by atoms with van der Waals surface area (Å²) in [6.45, 7) is 4.11. The molecule has 0 unspecified atom stereocenters. The van der Waals surface area contributed by atoms with E-state index in [1.54, 1.807) is 18.2 Å². The smallest absolute Gasteiger partial charge is 0.252 e. The van der Waals surface area contributed by atoms with Gasteiger partial charge in [0.05, 0.1) is 15.6 Å². The van der Waals surface area contributed by atoms with E-state index in [1.165, 1.54) is 0 Å². The van der Waals surface area contributed by atoms with Crippen molar-refractivity contribution in [3.8, 4) is 0 Å². The molecule has 1 rings (SSSR count). The van der Waals surface area contributed by atoms with Gasteiger partial charge in [-0.2, -0.15) is 0 Å². The van der Waals surface area contributed by atoms with E-state index in [0.29, 0.717) is 22.1 Å². The van der Waals surface area contributed by atoms with Crippen molar-refractivity contribution >= 4 is 50.6 Å². The summed E-state index contributed by atoms with van der Waals surface area (Å²) in [4.78, 5) is 12.4. The molecule has 18 heavy (non-hydrogen) atoms. The summed E-state index contributed by atoms with van der Waals surface area (Å²) in [5, 5.41) is 3.18. The first kappa shape index (κ1) is 15.4. The molecule has 0 saturated carbocycles. The van der Waals surface area contributed by atoms with Gasteiger partial charge in [0.1, 0.15) is 0 Å². The number of benzene rings is 1. The lowest BCUT2D eigenvalue weighted by atomic mass is 9.93. The van der Waals surface area contributed by atoms with Crippen LogP contribution in [0.2, 0.25) is 5.02 Å². The Morgan fingerprint density at radius 2 is 2.17 bits per heavy atom. The van der Waals surface area contributed by atoms with Gasteiger partial charge in [-0.25, -0.2) is 0 Å². The van der Waals surface area contributed by atoms with E-state index in [1.807, 2.05) is 13.8 Å². The van der Waals surface area contributed by atoms with E-state index in [0.717, 1.165) is 4.47 Å². The number of halogens is 2. The molecule has 1 aromatic rings. The third-order valence-corrected chi connectivity index (χ3v) is 3.91. The number of hydrogen-bond donors (Lipinski definition) is 2. The van der Waals surface area contributed by atoms with Gasteiger partial charge in [0.15, 0.2) is 0 Å². The topological polar surface area (TPSA) is 55.1 Å². The van der Waals surface area contributed by atoms with Crippen LogP contribution in [0.1, 0.15) is 24.2 Å². The number of nitrogens with one attached hydrogen (secondary N) is 1. The molecule has 0 aromatic heterocycles. The zero-order valence-corrected chi connectivity index (χ0v) is 13.2. The van der Waals surface area contributed by atoms with Crippen molar-refractivity contribution in [2.75, 3.05) is 6.54 Å². The Labute approximate surface area is 125 Å². The predicted molar refractivity (Wildman–Crippen MR) is 82.1 cm³/mol. The Morgan fingerprint density at radius 3 is 2.72 bits per heavy atom. The van der Waals surface area contributed by atoms with Crippen LogP contribution in [0.3, 0.4) is 0 Å². The fourth-order valence-corrected chi connectivity index (χ4v) is 1.79. The van der Waals surface area contributed by atoms with Gasteiger partial charge in [-0.15, -0.1) is 0 Å². The minimum absolute atomic E-state index is 0.245. The third-order valence-electron chi connectivity index (χ3n) is 2.53. The van der Waals surface area contributed by atoms with Crippen molar-refractivity contribution in [2.45, 2.75) is 13.8 Å². The lowest BCUT2D eigenvalue weighted by Crippen LogP contribution is -2.41. The van der Waals surface area contributed by atoms with Gasteiger partial charge in [0, 0.05) is 16.4 Å². The Hall–Kier alpha value is -0.650. The number of thiocarbonyl (C=S) groups is 1. The van der Waals surface area contributed by atoms with E-state index < -0.39 is 5.41 Å². The molecule has 0 saturated heterocycles. The zero-order chi connectivity index (χ0) is 13.9. The van der Waals surface area contributed by atoms with Crippen LogP contribution < -0.4 is 11.1 Å². The lowest BCUT2D eigenvalue weighted by Gasteiger charge is -2.23. The van der Waals surface area contributed by atoms with Crippen molar-refractivity contribution in [2.24, 2.45) is 11.1 Å². The summed E-state index contributed by atoms with van der Waals surface area (Å²) in [6.07, 6.45) is 0. The number of amides is 1. The summed E-state index contributed by atoms with van der Waals surface area (Å²) in [5.41, 5.74) is 5.59. The second-order valence-corrected chi connectivity index (χ2v) is 6.32. The van der Waals surface area contributed by atoms with Crippen LogP contribution in [0.4, 0.5) is 0 Å². The highest BCUT2D eigenvalue weighted by Gasteiger charge is 2.22. The van der Waals surface area contributed by atoms with Crippen LogP contribution in [0.25, 0.3) is 0 Å². The van der Waals surface area contributed by atoms with Crippen LogP contribution in [0.15, 0.2) is 22.7 Å². The quantitative estimate of drug-likeness (QED) is 0.821. The molecule has 6 heteroatoms. The molecule has 0 aliphatic carbocycles. The number of carbonyl (C=O) groups is 1. The Kier molecular flexibility index (Phi) is 5.13. The third kappa shape index (κ3) is 3.93. The second-order valence-electron chi connectivity index (χ2n) is 4.55. The van der Waals surface area contributed by atoms with Gasteiger partial charge < -0.3 is 11.1 Å². The summed E-state index contributed by atoms with van der Waals surface area (Å²) in [6, 6.07) is 5.11. The van der Waals surface area contributed by atoms with E-state index in [2.05, 4.69) is 21.2 Å². The second kappa shape index (κ2) is 5.99. The first-order valence-electron chi connectivity index (χ1n) is 5.27. The molecule has 0 heterocycles. The highest BCUT2D eigenvalue weighted by Crippen LogP contribution is 2.21. The van der Waals surface area contributed by atoms with Gasteiger partial charge in [0.2, 0.25) is 0 Å². The van der Waals surface area contributed by atoms with E-state index in [4.69, 9.17) is 29.6 Å². The molecule has 98 valence electrons. The normalized spacial score (nSPS) is 11.1. The molecule has 0 radical (unpaired) electrons. The first-order valence-corrected chi connectivity index (χ1v) is 6.85. The van der Waals surface area contributed by atoms with Crippen LogP contribution in [0.5, 0.6) is 0 Å². The molecule has 1 amide bonds. The minimum Gasteiger partial charge on any atom is -0.393 e. The molecule has 0 atom stereocenters. The van der Waals surface area contributed by atoms with Crippen molar-refractivity contribution in [3.05, 3.63) is 33.3 Å². The molecule has 0 aliphatic rings. The monoisotopic (exact) mass is 348 g/mol. The molecule has 3 N–H and O–H groups in total. The number of carbonyl (C=O) groups excluding carboxylic acids is 1. The standard InChI is InChI=1S/C12H14BrClN2OS/c1-12(2,11(15)18)6-16-10(17)8-5-7(13)3-4-9(8)14/h3-5H,6H2,1-2H3,(H2,15,18)(H,16,17). The SMILES string of the molecule is CC(C)(CNC(=O)c1cc(Br)ccc1Cl)C(N)=S. The summed E-state index contributed by atoms with van der Waals surface area (Å²) in [7, 11) is 0. The molecule has 1 aromatic carbocycles. The maximum absolute atomic E-state index is 12.0. The first-order chi connectivity index (χ1) is 8.24. The highest BCUT2D eigenvalue weighted by atomic mass is 79.9. The van der Waals surface area contributed by atoms with Gasteiger partial charge >= 0.3 is 0 Å². The lowest BCUT2D eigenvalue weighted by molar-refractivity contribution is 0.0945. The molecular formula is C12H14BrClN2OS. The van der Waals surface area contributed by atoms with Gasteiger partial charge in [-0.3, -0.25) is 4.79 Å². The van der Waals surface area contributed by atoms with E-state index in [-0.39, 0.29) is 5.91 Å². The van der Waals surface area contributed by atoms with Gasteiger partial charge in [-0.1, -0.05) is 53.6 Å². The average Bonchev–Trinajstić information content (AvgIpc) is 2.29. The summed E-state index contributed by atoms with van der Waals surface area (Å²) >= 11 is 14.2. The van der Waals surface area contributed by atoms with Crippen LogP contribution in [-0.2, 0) is 0 Å². The Bertz CT molecular complexity index is 491. The summed E-state index contributed by atoms with van der Waals surface area (Å²) < 4.78 is 0.797. The molecule has 0 bridgehead atoms. The van der Waals surface area contributed by atoms with Gasteiger partial charge in [-0.05, 0) is 18.2 Å². The maximum atomic E-state index is 12.0. The van der Waals surface area contributed by atoms with Crippen LogP contribution in [-0.4, -0.2) is 17.4 Å². The molecule has 3 nitrogen and oxygen atoms in total. The molecule has 0 fully saturated rings. The summed E-state index contributed by atoms with van der Waals surface area (Å²) in [5.74, 6) is -0.245. The fraction of sp³-hybridized carbons (Fsp3) is 0.333. The Balaban J connectivity index is 2.78. The predicted octanol–water partition coefficient (Wildman–Crippen LogP) is 3.14. The van der Waals surface area contributed by atoms with Crippen LogP contribution >= 0.6 is 39.7 Å². The van der Waals surface area contributed by atoms with Crippen molar-refractivity contribution in [3.63, 3.8) is 0 Å². The fourth-order valence-electron chi connectivity index (χ4n) is 1.16. The van der Waals surface area contributed by atoms with Crippen molar-refractivity contribution in [1.82, 2.24) is 5.32 Å². The van der Waals surface area contributed by atoms with Gasteiger partial charge in [0.25, 0.3) is 5.91 Å². The molecule has 0 spiro atoms. The zero-order valence-electron chi connectivity index (χ0n) is 10.1. The average molecular weight is 350 g/mol. The highest BCUT2D eigenvalue weighted by molar-refractivity contribution is 9.10. The molecule has 0 aliphatic heterocycles. The van der Waals surface area contributed by atoms with E-state index in [9.17, 15) is 4.79 Å². The molecular weight excluding hydrogens is 336 g/mol. The van der Waals surface area contributed by atoms with E-state index >= 15 is 0 Å². The van der Waals surface area contributed by atoms with Crippen molar-refractivity contribution < 1.29 is 4.79 Å². The number of rotatable bonds is 4. The Morgan fingerprint density at radius 1 is 1.56 bits per heavy atom. The van der Waals surface area contributed by atoms with Crippen molar-refractivity contribution in [1.29, 1.82) is 0 Å². The number of nitrogens with two attached hydrogens (primary N) is 1. The minimum atomic E-state index is -0.427. The largest absolute Gasteiger partial charge is 0.393 e. The maximum Gasteiger partial charge on any atom is 0.252 e.